The van der Waals surface area contributed by atoms with E-state index >= 15 is 0 Å². The van der Waals surface area contributed by atoms with Gasteiger partial charge in [0, 0.05) is 36.5 Å². The fourth-order valence-electron chi connectivity index (χ4n) is 4.24. The normalized spacial score (nSPS) is 18.9. The number of allylic oxidation sites excluding steroid dienone is 1. The fraction of sp³-hybridized carbons (Fsp3) is 0.273. The number of fused-ring (bicyclic) bond motifs is 2. The second-order valence-corrected chi connectivity index (χ2v) is 7.39. The van der Waals surface area contributed by atoms with Crippen LogP contribution in [0.4, 0.5) is 10.1 Å². The lowest BCUT2D eigenvalue weighted by Gasteiger charge is -2.33. The summed E-state index contributed by atoms with van der Waals surface area (Å²) in [5.41, 5.74) is 6.99. The van der Waals surface area contributed by atoms with Gasteiger partial charge in [0.05, 0.1) is 11.0 Å². The van der Waals surface area contributed by atoms with Crippen LogP contribution in [0.5, 0.6) is 0 Å². The summed E-state index contributed by atoms with van der Waals surface area (Å²) in [6.45, 7) is 4.83. The van der Waals surface area contributed by atoms with Crippen molar-refractivity contribution in [2.45, 2.75) is 32.9 Å². The number of hydrogen-bond donors (Lipinski definition) is 0. The molecule has 0 amide bonds. The summed E-state index contributed by atoms with van der Waals surface area (Å²) in [5.74, 6) is -0.152. The van der Waals surface area contributed by atoms with E-state index in [0.29, 0.717) is 5.56 Å². The summed E-state index contributed by atoms with van der Waals surface area (Å²) in [7, 11) is 0. The predicted octanol–water partition coefficient (Wildman–Crippen LogP) is 4.84. The maximum atomic E-state index is 14.0. The fourth-order valence-corrected chi connectivity index (χ4v) is 4.24. The van der Waals surface area contributed by atoms with Crippen LogP contribution in [0.2, 0.25) is 0 Å². The van der Waals surface area contributed by atoms with Crippen LogP contribution in [0, 0.1) is 19.7 Å². The molecule has 1 aromatic heterocycles. The van der Waals surface area contributed by atoms with Crippen molar-refractivity contribution in [3.8, 4) is 0 Å². The van der Waals surface area contributed by atoms with E-state index in [4.69, 9.17) is 0 Å². The first-order chi connectivity index (χ1) is 13.1. The quantitative estimate of drug-likeness (QED) is 0.654. The van der Waals surface area contributed by atoms with Gasteiger partial charge in [-0.05, 0) is 67.6 Å². The Morgan fingerprint density at radius 2 is 1.81 bits per heavy atom. The van der Waals surface area contributed by atoms with Gasteiger partial charge in [-0.25, -0.2) is 4.39 Å². The second kappa shape index (κ2) is 6.05. The minimum atomic E-state index is -0.152. The third-order valence-electron chi connectivity index (χ3n) is 5.59. The van der Waals surface area contributed by atoms with Gasteiger partial charge >= 0.3 is 0 Å². The molecule has 1 fully saturated rings. The minimum Gasteiger partial charge on any atom is -0.349 e. The zero-order valence-electron chi connectivity index (χ0n) is 15.5. The maximum Gasteiger partial charge on any atom is 0.132 e. The van der Waals surface area contributed by atoms with Gasteiger partial charge in [0.25, 0.3) is 0 Å². The Labute approximate surface area is 158 Å². The number of aromatic nitrogens is 2. The van der Waals surface area contributed by atoms with E-state index in [1.807, 2.05) is 26.0 Å². The molecule has 1 saturated heterocycles. The first kappa shape index (κ1) is 16.2. The van der Waals surface area contributed by atoms with Crippen LogP contribution < -0.4 is 4.90 Å². The lowest BCUT2D eigenvalue weighted by atomic mass is 10.1. The van der Waals surface area contributed by atoms with E-state index < -0.39 is 0 Å². The molecule has 1 unspecified atom stereocenters. The monoisotopic (exact) mass is 360 g/mol. The molecule has 1 atom stereocenters. The van der Waals surface area contributed by atoms with Gasteiger partial charge in [-0.15, -0.1) is 0 Å². The van der Waals surface area contributed by atoms with Crippen LogP contribution in [0.25, 0.3) is 11.0 Å². The molecule has 2 aromatic carbocycles. The molecule has 2 aliphatic heterocycles. The van der Waals surface area contributed by atoms with Crippen molar-refractivity contribution >= 4 is 16.7 Å². The van der Waals surface area contributed by atoms with E-state index in [0.717, 1.165) is 35.2 Å². The van der Waals surface area contributed by atoms with Crippen LogP contribution in [0.1, 0.15) is 35.7 Å². The highest BCUT2D eigenvalue weighted by atomic mass is 19.1. The molecule has 0 aliphatic carbocycles. The number of halogens is 1. The zero-order valence-corrected chi connectivity index (χ0v) is 15.5. The van der Waals surface area contributed by atoms with Gasteiger partial charge in [-0.2, -0.15) is 0 Å². The molecule has 0 spiro atoms. The number of benzene rings is 2. The summed E-state index contributed by atoms with van der Waals surface area (Å²) in [4.78, 5) is 13.6. The van der Waals surface area contributed by atoms with Crippen LogP contribution in [-0.4, -0.2) is 21.4 Å². The van der Waals surface area contributed by atoms with Crippen molar-refractivity contribution < 1.29 is 4.39 Å². The molecule has 5 heteroatoms. The van der Waals surface area contributed by atoms with Crippen molar-refractivity contribution in [1.82, 2.24) is 14.9 Å². The highest BCUT2D eigenvalue weighted by Crippen LogP contribution is 2.44. The number of hydrogen-bond acceptors (Lipinski definition) is 4. The summed E-state index contributed by atoms with van der Waals surface area (Å²) in [6.07, 6.45) is 8.00. The molecule has 5 rings (SSSR count). The first-order valence-corrected chi connectivity index (χ1v) is 9.35. The van der Waals surface area contributed by atoms with Crippen LogP contribution in [0.3, 0.4) is 0 Å². The average Bonchev–Trinajstić information content (AvgIpc) is 3.25. The van der Waals surface area contributed by atoms with Crippen LogP contribution in [-0.2, 0) is 0 Å². The lowest BCUT2D eigenvalue weighted by molar-refractivity contribution is 0.319. The zero-order chi connectivity index (χ0) is 18.5. The standard InChI is InChI=1S/C22H21FN4/c1-14-11-21(15(2)10-18(14)23)27-13-17-4-3-9-26(17)22(27)16-5-6-19-20(12-16)25-8-7-24-19/h5-8,10-13,22H,3-4,9H2,1-2H3. The molecule has 4 nitrogen and oxygen atoms in total. The number of nitrogens with zero attached hydrogens (tertiary/aromatic N) is 4. The van der Waals surface area contributed by atoms with E-state index in [-0.39, 0.29) is 12.0 Å². The van der Waals surface area contributed by atoms with Crippen molar-refractivity contribution in [1.29, 1.82) is 0 Å². The van der Waals surface area contributed by atoms with Crippen LogP contribution >= 0.6 is 0 Å². The Morgan fingerprint density at radius 1 is 1.00 bits per heavy atom. The summed E-state index contributed by atoms with van der Waals surface area (Å²) < 4.78 is 14.0. The molecule has 0 saturated carbocycles. The molecule has 0 bridgehead atoms. The van der Waals surface area contributed by atoms with Crippen molar-refractivity contribution in [2.24, 2.45) is 0 Å². The van der Waals surface area contributed by atoms with Crippen molar-refractivity contribution in [3.05, 3.63) is 77.1 Å². The Balaban J connectivity index is 1.65. The number of anilines is 1. The Hall–Kier alpha value is -2.95. The summed E-state index contributed by atoms with van der Waals surface area (Å²) >= 11 is 0. The highest BCUT2D eigenvalue weighted by molar-refractivity contribution is 5.75. The van der Waals surface area contributed by atoms with Gasteiger partial charge in [0.15, 0.2) is 0 Å². The van der Waals surface area contributed by atoms with E-state index in [2.05, 4.69) is 38.1 Å². The van der Waals surface area contributed by atoms with Gasteiger partial charge in [-0.1, -0.05) is 6.07 Å². The van der Waals surface area contributed by atoms with Crippen LogP contribution in [0.15, 0.2) is 54.6 Å². The average molecular weight is 360 g/mol. The molecule has 27 heavy (non-hydrogen) atoms. The predicted molar refractivity (Wildman–Crippen MR) is 105 cm³/mol. The lowest BCUT2D eigenvalue weighted by Crippen LogP contribution is -2.31. The van der Waals surface area contributed by atoms with Gasteiger partial charge < -0.3 is 9.80 Å². The van der Waals surface area contributed by atoms with Crippen molar-refractivity contribution in [3.63, 3.8) is 0 Å². The molecule has 136 valence electrons. The molecule has 0 radical (unpaired) electrons. The minimum absolute atomic E-state index is 0.0671. The van der Waals surface area contributed by atoms with Gasteiger partial charge in [0.2, 0.25) is 0 Å². The maximum absolute atomic E-state index is 14.0. The molecular weight excluding hydrogens is 339 g/mol. The molecule has 3 heterocycles. The van der Waals surface area contributed by atoms with E-state index in [1.54, 1.807) is 18.5 Å². The third kappa shape index (κ3) is 2.57. The molecule has 2 aliphatic rings. The molecular formula is C22H21FN4. The number of rotatable bonds is 2. The van der Waals surface area contributed by atoms with Crippen molar-refractivity contribution in [2.75, 3.05) is 11.4 Å². The first-order valence-electron chi connectivity index (χ1n) is 9.35. The topological polar surface area (TPSA) is 32.3 Å². The Bertz CT molecular complexity index is 1080. The molecule has 3 aromatic rings. The largest absolute Gasteiger partial charge is 0.349 e. The van der Waals surface area contributed by atoms with E-state index in [1.165, 1.54) is 17.7 Å². The SMILES string of the molecule is Cc1cc(N2C=C3CCCN3C2c2ccc3nccnc3c2)c(C)cc1F. The Morgan fingerprint density at radius 3 is 2.67 bits per heavy atom. The smallest absolute Gasteiger partial charge is 0.132 e. The van der Waals surface area contributed by atoms with Gasteiger partial charge in [0.1, 0.15) is 12.0 Å². The number of aryl methyl sites for hydroxylation is 2. The Kier molecular flexibility index (Phi) is 3.64. The second-order valence-electron chi connectivity index (χ2n) is 7.39. The molecule has 0 N–H and O–H groups in total. The van der Waals surface area contributed by atoms with E-state index in [9.17, 15) is 4.39 Å². The van der Waals surface area contributed by atoms with Gasteiger partial charge in [-0.3, -0.25) is 9.97 Å². The third-order valence-corrected chi connectivity index (χ3v) is 5.59. The highest BCUT2D eigenvalue weighted by Gasteiger charge is 2.37. The summed E-state index contributed by atoms with van der Waals surface area (Å²) in [6, 6.07) is 9.89. The summed E-state index contributed by atoms with van der Waals surface area (Å²) in [5, 5.41) is 0.